The number of hydrogen-bond acceptors (Lipinski definition) is 4. The van der Waals surface area contributed by atoms with E-state index in [1.54, 1.807) is 0 Å². The van der Waals surface area contributed by atoms with E-state index in [2.05, 4.69) is 50.3 Å². The zero-order chi connectivity index (χ0) is 23.3. The lowest BCUT2D eigenvalue weighted by Gasteiger charge is -2.32. The Morgan fingerprint density at radius 1 is 1.10 bits per heavy atom. The van der Waals surface area contributed by atoms with Crippen LogP contribution in [0.3, 0.4) is 0 Å². The average molecular weight is 439 g/mol. The second kappa shape index (κ2) is 21.3. The third-order valence-corrected chi connectivity index (χ3v) is 5.41. The third kappa shape index (κ3) is 17.9. The summed E-state index contributed by atoms with van der Waals surface area (Å²) in [7, 11) is 0. The van der Waals surface area contributed by atoms with Gasteiger partial charge in [-0.25, -0.2) is 0 Å². The Morgan fingerprint density at radius 2 is 1.73 bits per heavy atom. The lowest BCUT2D eigenvalue weighted by atomic mass is 9.91. The van der Waals surface area contributed by atoms with Crippen LogP contribution in [0, 0.1) is 0 Å². The van der Waals surface area contributed by atoms with E-state index in [0.717, 1.165) is 43.8 Å². The second-order valence-corrected chi connectivity index (χ2v) is 8.24. The smallest absolute Gasteiger partial charge is 0.0976 e. The second-order valence-electron chi connectivity index (χ2n) is 7.76. The van der Waals surface area contributed by atoms with E-state index >= 15 is 0 Å². The molecular formula is C26H50N2OS. The summed E-state index contributed by atoms with van der Waals surface area (Å²) in [5, 5.41) is 16.7. The molecule has 0 aromatic heterocycles. The van der Waals surface area contributed by atoms with E-state index in [1.807, 2.05) is 39.0 Å². The minimum Gasteiger partial charge on any atom is -0.389 e. The van der Waals surface area contributed by atoms with Crippen molar-refractivity contribution < 1.29 is 5.11 Å². The molecule has 0 atom stereocenters. The van der Waals surface area contributed by atoms with Crippen LogP contribution in [0.4, 0.5) is 0 Å². The van der Waals surface area contributed by atoms with E-state index < -0.39 is 5.60 Å². The van der Waals surface area contributed by atoms with Crippen LogP contribution < -0.4 is 10.6 Å². The zero-order valence-electron chi connectivity index (χ0n) is 20.5. The molecule has 1 rings (SSSR count). The molecule has 3 nitrogen and oxygen atoms in total. The first-order valence-electron chi connectivity index (χ1n) is 11.9. The molecular weight excluding hydrogens is 388 g/mol. The predicted molar refractivity (Wildman–Crippen MR) is 140 cm³/mol. The Hall–Kier alpha value is -0.970. The largest absolute Gasteiger partial charge is 0.389 e. The van der Waals surface area contributed by atoms with Crippen molar-refractivity contribution in [1.82, 2.24) is 10.6 Å². The summed E-state index contributed by atoms with van der Waals surface area (Å²) >= 11 is 4.32. The molecule has 0 aliphatic carbocycles. The molecule has 1 aliphatic heterocycles. The highest BCUT2D eigenvalue weighted by molar-refractivity contribution is 7.84. The van der Waals surface area contributed by atoms with Crippen molar-refractivity contribution in [2.75, 3.05) is 19.6 Å². The Kier molecular flexibility index (Phi) is 22.1. The number of nitrogens with one attached hydrogen (secondary N) is 2. The molecule has 0 aromatic carbocycles. The fraction of sp³-hybridized carbons (Fsp3) is 0.692. The van der Waals surface area contributed by atoms with Crippen molar-refractivity contribution >= 4 is 12.6 Å². The Balaban J connectivity index is 0. The van der Waals surface area contributed by atoms with Gasteiger partial charge in [0.15, 0.2) is 0 Å². The van der Waals surface area contributed by atoms with Crippen LogP contribution in [0.15, 0.2) is 47.6 Å². The molecule has 1 saturated heterocycles. The van der Waals surface area contributed by atoms with Crippen LogP contribution in [-0.2, 0) is 0 Å². The molecule has 1 heterocycles. The van der Waals surface area contributed by atoms with E-state index in [0.29, 0.717) is 0 Å². The van der Waals surface area contributed by atoms with Crippen LogP contribution in [-0.4, -0.2) is 30.3 Å². The molecule has 176 valence electrons. The van der Waals surface area contributed by atoms with E-state index in [-0.39, 0.29) is 0 Å². The zero-order valence-corrected chi connectivity index (χ0v) is 21.4. The summed E-state index contributed by atoms with van der Waals surface area (Å²) in [5.74, 6) is 0. The van der Waals surface area contributed by atoms with Crippen LogP contribution >= 0.6 is 12.6 Å². The Labute approximate surface area is 193 Å². The third-order valence-electron chi connectivity index (χ3n) is 4.84. The molecule has 1 aliphatic rings. The fourth-order valence-electron chi connectivity index (χ4n) is 2.91. The van der Waals surface area contributed by atoms with Crippen LogP contribution in [0.2, 0.25) is 0 Å². The highest BCUT2D eigenvalue weighted by Crippen LogP contribution is 2.29. The molecule has 4 heteroatoms. The van der Waals surface area contributed by atoms with Crippen molar-refractivity contribution in [3.63, 3.8) is 0 Å². The maximum Gasteiger partial charge on any atom is 0.0976 e. The molecule has 1 fully saturated rings. The monoisotopic (exact) mass is 438 g/mol. The van der Waals surface area contributed by atoms with Crippen LogP contribution in [0.5, 0.6) is 0 Å². The highest BCUT2D eigenvalue weighted by Gasteiger charge is 2.31. The number of thiol groups is 1. The number of piperidine rings is 1. The van der Waals surface area contributed by atoms with Gasteiger partial charge in [-0.2, -0.15) is 0 Å². The standard InChI is InChI=1S/C14H27N.C10H17NOS.C2H6/c1-5-6-11-14(4)15-12-9-7-8-10-13(2)3;1-2-3-4-9(13)10(12)5-7-11-8-6-10;1-2/h15H,2,4-12H2,1,3H3;2-4,11-13H,5-8H2,1H3;1-2H3/b;3-2-,9-4-;. The predicted octanol–water partition coefficient (Wildman–Crippen LogP) is 6.93. The topological polar surface area (TPSA) is 44.3 Å². The molecule has 0 bridgehead atoms. The van der Waals surface area contributed by atoms with Crippen molar-refractivity contribution in [3.05, 3.63) is 47.6 Å². The number of unbranched alkanes of at least 4 members (excludes halogenated alkanes) is 3. The first-order chi connectivity index (χ1) is 14.4. The maximum atomic E-state index is 10.1. The molecule has 0 radical (unpaired) electrons. The molecule has 30 heavy (non-hydrogen) atoms. The van der Waals surface area contributed by atoms with E-state index in [9.17, 15) is 5.11 Å². The Bertz CT molecular complexity index is 491. The van der Waals surface area contributed by atoms with Gasteiger partial charge >= 0.3 is 0 Å². The van der Waals surface area contributed by atoms with E-state index in [4.69, 9.17) is 0 Å². The summed E-state index contributed by atoms with van der Waals surface area (Å²) < 4.78 is 0. The quantitative estimate of drug-likeness (QED) is 0.116. The van der Waals surface area contributed by atoms with Crippen molar-refractivity contribution in [2.24, 2.45) is 0 Å². The normalized spacial score (nSPS) is 15.5. The van der Waals surface area contributed by atoms with Crippen molar-refractivity contribution in [3.8, 4) is 0 Å². The lowest BCUT2D eigenvalue weighted by Crippen LogP contribution is -2.42. The van der Waals surface area contributed by atoms with E-state index in [1.165, 1.54) is 49.8 Å². The molecule has 0 aromatic rings. The molecule has 3 N–H and O–H groups in total. The number of allylic oxidation sites excluding steroid dienone is 5. The Morgan fingerprint density at radius 3 is 2.27 bits per heavy atom. The van der Waals surface area contributed by atoms with Crippen LogP contribution in [0.25, 0.3) is 0 Å². The van der Waals surface area contributed by atoms with Gasteiger partial charge in [0.2, 0.25) is 0 Å². The highest BCUT2D eigenvalue weighted by atomic mass is 32.1. The van der Waals surface area contributed by atoms with Gasteiger partial charge in [-0.1, -0.05) is 64.0 Å². The minimum atomic E-state index is -0.701. The molecule has 0 spiro atoms. The summed E-state index contributed by atoms with van der Waals surface area (Å²) in [5.41, 5.74) is 1.81. The van der Waals surface area contributed by atoms with Crippen molar-refractivity contribution in [2.45, 2.75) is 98.0 Å². The summed E-state index contributed by atoms with van der Waals surface area (Å²) in [4.78, 5) is 0.770. The van der Waals surface area contributed by atoms with Crippen molar-refractivity contribution in [1.29, 1.82) is 0 Å². The van der Waals surface area contributed by atoms with Gasteiger partial charge in [-0.3, -0.25) is 0 Å². The van der Waals surface area contributed by atoms with Gasteiger partial charge in [0.05, 0.1) is 5.60 Å². The molecule has 0 saturated carbocycles. The number of hydrogen-bond donors (Lipinski definition) is 4. The molecule has 0 unspecified atom stereocenters. The average Bonchev–Trinajstić information content (AvgIpc) is 2.75. The number of aliphatic hydroxyl groups is 1. The first kappa shape index (κ1) is 31.2. The van der Waals surface area contributed by atoms with Gasteiger partial charge in [-0.15, -0.1) is 19.2 Å². The summed E-state index contributed by atoms with van der Waals surface area (Å²) in [6.45, 7) is 21.0. The van der Waals surface area contributed by atoms with Crippen LogP contribution in [0.1, 0.15) is 92.4 Å². The van der Waals surface area contributed by atoms with Gasteiger partial charge in [0, 0.05) is 17.1 Å². The van der Waals surface area contributed by atoms with Gasteiger partial charge in [-0.05, 0) is 71.9 Å². The maximum absolute atomic E-state index is 10.1. The summed E-state index contributed by atoms with van der Waals surface area (Å²) in [6, 6.07) is 0. The fourth-order valence-corrected chi connectivity index (χ4v) is 3.22. The van der Waals surface area contributed by atoms with Gasteiger partial charge in [0.1, 0.15) is 0 Å². The summed E-state index contributed by atoms with van der Waals surface area (Å²) in [6.07, 6.45) is 15.8. The van der Waals surface area contributed by atoms with Gasteiger partial charge < -0.3 is 15.7 Å². The first-order valence-corrected chi connectivity index (χ1v) is 12.3. The minimum absolute atomic E-state index is 0.701. The number of rotatable bonds is 12. The lowest BCUT2D eigenvalue weighted by molar-refractivity contribution is 0.0547. The SMILES string of the molecule is C/C=C\C=C(/S)C1(O)CCNCC1.C=C(C)CCCCCNC(=C)CCCC.CC. The van der Waals surface area contributed by atoms with Gasteiger partial charge in [0.25, 0.3) is 0 Å². The molecule has 0 amide bonds.